The molecule has 742 valence electrons. The van der Waals surface area contributed by atoms with Crippen molar-refractivity contribution in [1.82, 2.24) is 99.4 Å². The Bertz CT molecular complexity index is 7260. The number of imidazole rings is 4. The molecule has 0 atom stereocenters. The van der Waals surface area contributed by atoms with Crippen LogP contribution in [0, 0.1) is 39.4 Å². The summed E-state index contributed by atoms with van der Waals surface area (Å²) in [5.41, 5.74) is 24.5. The van der Waals surface area contributed by atoms with E-state index >= 15 is 0 Å². The van der Waals surface area contributed by atoms with Crippen molar-refractivity contribution < 1.29 is 51.1 Å². The van der Waals surface area contributed by atoms with Crippen LogP contribution in [0.4, 0.5) is 70.0 Å². The zero-order valence-electron chi connectivity index (χ0n) is 76.8. The lowest BCUT2D eigenvalue weighted by Gasteiger charge is -2.12. The van der Waals surface area contributed by atoms with E-state index in [0.717, 1.165) is 128 Å². The summed E-state index contributed by atoms with van der Waals surface area (Å²) in [5, 5.41) is 52.1. The first-order chi connectivity index (χ1) is 68.3. The number of aldehydes is 1. The highest BCUT2D eigenvalue weighted by atomic mass is 36.0. The molecule has 144 heavy (non-hydrogen) atoms. The lowest BCUT2D eigenvalue weighted by Crippen LogP contribution is -2.14. The Morgan fingerprint density at radius 3 is 1.11 bits per heavy atom. The van der Waals surface area contributed by atoms with Crippen LogP contribution < -0.4 is 40.6 Å². The number of halogens is 9. The molecule has 0 saturated heterocycles. The number of alkyl halides is 5. The summed E-state index contributed by atoms with van der Waals surface area (Å²) >= 11 is 29.3. The lowest BCUT2D eigenvalue weighted by molar-refractivity contribution is -0.156. The van der Waals surface area contributed by atoms with E-state index < -0.39 is 17.7 Å². The fraction of sp³-hybridized carbons (Fsp3) is 0.198. The third kappa shape index (κ3) is 34.9. The number of carbonyl (C=O) groups is 3. The van der Waals surface area contributed by atoms with E-state index in [4.69, 9.17) is 99.0 Å². The molecule has 0 radical (unpaired) electrons. The number of aryl methyl sites for hydroxylation is 4. The second-order valence-corrected chi connectivity index (χ2v) is 35.1. The van der Waals surface area contributed by atoms with Crippen LogP contribution >= 0.6 is 73.7 Å². The number of anilines is 4. The van der Waals surface area contributed by atoms with Crippen LogP contribution in [-0.4, -0.2) is 164 Å². The fourth-order valence-corrected chi connectivity index (χ4v) is 12.6. The molecule has 0 saturated carbocycles. The summed E-state index contributed by atoms with van der Waals surface area (Å²) in [4.78, 5) is 70.0. The molecule has 16 aromatic rings. The van der Waals surface area contributed by atoms with E-state index in [1.54, 1.807) is 117 Å². The van der Waals surface area contributed by atoms with Gasteiger partial charge in [-0.3, -0.25) is 18.9 Å². The first kappa shape index (κ1) is 118. The molecule has 0 bridgehead atoms. The van der Waals surface area contributed by atoms with Gasteiger partial charge in [-0.2, -0.15) is 54.0 Å². The van der Waals surface area contributed by atoms with Crippen molar-refractivity contribution in [3.8, 4) is 68.9 Å². The maximum Gasteiger partial charge on any atom is 0.446 e. The zero-order valence-corrected chi connectivity index (χ0v) is 82.2. The number of rotatable bonds is 21. The zero-order chi connectivity index (χ0) is 104. The molecule has 0 aliphatic heterocycles. The highest BCUT2D eigenvalue weighted by Crippen LogP contribution is 2.61. The number of hydrogen-bond acceptors (Lipinski definition) is 27. The Labute approximate surface area is 856 Å². The number of hydrogen-bond donors (Lipinski definition) is 4. The SMILES string of the molecule is C.C.COc1cc(OC=O)cnn1.ClCCl.O=CC(F)(F)F.O=P(Cl)(Cl)Cl.[C-]#[N+]c1ccc(N)c(NCC)c1.[C-]#[N+]c1ccc(NC(=O)c2cnnc(OC)c2)c(NCC)c1.[C-]#[N+]c1ccc2nc(-c3cnnc(C=C)c3)n(CC)c2c1.[C-]#[N+]c1ccc2nc(-c3cnnc(C=C)c3)n(CC)c2c1.[C-]#[N+]c1ccc2nc(-c3cnnc(Cl)c3)n(CC)c2c1.[C-]#[N+]c1ccc2nc(-c3cnnc(OC)c3)n(CC)c2c1. The van der Waals surface area contributed by atoms with Gasteiger partial charge in [0.25, 0.3) is 12.4 Å². The molecule has 16 rings (SSSR count). The summed E-state index contributed by atoms with van der Waals surface area (Å²) in [6, 6.07) is 42.6. The normalized spacial score (nSPS) is 9.97. The van der Waals surface area contributed by atoms with E-state index in [0.29, 0.717) is 104 Å². The minimum absolute atomic E-state index is 0. The van der Waals surface area contributed by atoms with E-state index in [1.807, 2.05) is 92.9 Å². The third-order valence-corrected chi connectivity index (χ3v) is 18.7. The van der Waals surface area contributed by atoms with Crippen molar-refractivity contribution in [2.24, 2.45) is 0 Å². The van der Waals surface area contributed by atoms with Gasteiger partial charge in [0, 0.05) is 91.1 Å². The number of aromatic nitrogens is 20. The van der Waals surface area contributed by atoms with Crippen LogP contribution in [0.25, 0.3) is 131 Å². The number of nitrogens with zero attached hydrogens (tertiary/aromatic N) is 26. The van der Waals surface area contributed by atoms with Gasteiger partial charge in [-0.1, -0.05) is 76.0 Å². The Morgan fingerprint density at radius 2 is 0.764 bits per heavy atom. The molecule has 48 heteroatoms. The highest BCUT2D eigenvalue weighted by molar-refractivity contribution is 8.24. The third-order valence-electron chi connectivity index (χ3n) is 18.5. The Balaban J connectivity index is 0.000000291. The van der Waals surface area contributed by atoms with E-state index in [2.05, 4.69) is 205 Å². The van der Waals surface area contributed by atoms with Gasteiger partial charge >= 0.3 is 11.4 Å². The molecular weight excluding hydrogens is 2000 g/mol. The minimum Gasteiger partial charge on any atom is -0.480 e. The van der Waals surface area contributed by atoms with Gasteiger partial charge in [0.05, 0.1) is 176 Å². The number of carbonyl (C=O) groups excluding carboxylic acids is 3. The van der Waals surface area contributed by atoms with Crippen molar-refractivity contribution in [1.29, 1.82) is 0 Å². The van der Waals surface area contributed by atoms with Crippen LogP contribution in [-0.2, 0) is 40.3 Å². The van der Waals surface area contributed by atoms with Gasteiger partial charge in [0.15, 0.2) is 45.0 Å². The molecule has 0 unspecified atom stereocenters. The summed E-state index contributed by atoms with van der Waals surface area (Å²) in [6.45, 7) is 66.7. The average Bonchev–Trinajstić information content (AvgIpc) is 1.65. The van der Waals surface area contributed by atoms with Crippen LogP contribution in [0.5, 0.6) is 23.4 Å². The van der Waals surface area contributed by atoms with Crippen molar-refractivity contribution >= 4 is 206 Å². The van der Waals surface area contributed by atoms with E-state index in [9.17, 15) is 27.3 Å². The molecule has 0 aliphatic carbocycles. The summed E-state index contributed by atoms with van der Waals surface area (Å²) < 4.78 is 68.3. The van der Waals surface area contributed by atoms with Crippen molar-refractivity contribution in [2.45, 2.75) is 88.8 Å². The van der Waals surface area contributed by atoms with Gasteiger partial charge in [0.2, 0.25) is 23.9 Å². The maximum absolute atomic E-state index is 12.3. The number of benzene rings is 6. The molecule has 0 fully saturated rings. The number of fused-ring (bicyclic) bond motifs is 4. The van der Waals surface area contributed by atoms with Crippen LogP contribution in [0.15, 0.2) is 196 Å². The summed E-state index contributed by atoms with van der Waals surface area (Å²) in [7, 11) is 4.46. The Kier molecular flexibility index (Phi) is 48.8. The fourth-order valence-electron chi connectivity index (χ4n) is 12.4. The topological polar surface area (TPSA) is 419 Å². The summed E-state index contributed by atoms with van der Waals surface area (Å²) in [6.07, 6.45) is 6.97. The van der Waals surface area contributed by atoms with Gasteiger partial charge in [0.1, 0.15) is 23.3 Å². The average molecular weight is 2090 g/mol. The largest absolute Gasteiger partial charge is 0.480 e. The monoisotopic (exact) mass is 2090 g/mol. The number of nitrogens with two attached hydrogens (primary N) is 1. The molecule has 0 aliphatic rings. The summed E-state index contributed by atoms with van der Waals surface area (Å²) in [5.74, 6) is 4.23. The van der Waals surface area contributed by atoms with Gasteiger partial charge < -0.3 is 58.9 Å². The molecule has 1 amide bonds. The quantitative estimate of drug-likeness (QED) is 0.0171. The molecule has 10 heterocycles. The predicted molar refractivity (Wildman–Crippen MR) is 560 cm³/mol. The van der Waals surface area contributed by atoms with E-state index in [-0.39, 0.29) is 32.0 Å². The first-order valence-corrected chi connectivity index (χ1v) is 47.2. The second kappa shape index (κ2) is 59.6. The molecule has 0 spiro atoms. The Hall–Kier alpha value is -16.7. The van der Waals surface area contributed by atoms with Gasteiger partial charge in [-0.15, -0.1) is 43.6 Å². The van der Waals surface area contributed by atoms with E-state index in [1.165, 1.54) is 38.7 Å². The first-order valence-electron chi connectivity index (χ1n) is 41.3. The smallest absolute Gasteiger partial charge is 0.446 e. The second-order valence-electron chi connectivity index (χ2n) is 27.3. The number of nitrogen functional groups attached to an aromatic ring is 1. The molecular formula is C96H92Cl6F3N30O8P. The highest BCUT2D eigenvalue weighted by Gasteiger charge is 2.25. The maximum atomic E-state index is 12.3. The standard InChI is InChI=1S/2C16H13N5.C15H15N5O2.C15H13N5O.C14H10ClN5.C9H11N3.C6H6N2O3.C2HF3O.CH2Cl2.2CH4.Cl3OP/c2*1-4-12-8-11(10-18-20-12)16-19-14-7-6-13(17-3)9-15(14)21(16)5-2;1-4-17-13-8-11(16-2)5-6-12(13)19-15(21)10-7-14(22-3)20-18-9-10;1-4-20-13-8-11(16-2)5-6-12(13)18-15(20)10-7-14(21-3)19-17-9-10;1-3-20-12-7-10(16-2)4-5-11(12)18-14(20)9-6-13(15)19-17-8-9;1-3-12-9-6-7(11-2)4-5-8(9)10;1-10-6-2-5(11-4-9)3-7-8-6;3-2(4,5)1-6;2-1-3;;;1-5(2,3)4/h2*4,6-10H,1,5H2,2H3;5-9,17H,4H2,1,3H3,(H,19,21);5-9H,4H2,1,3H3;4-8H,3H2,1H3;4-6,12H,3,10H2,1H3;2-4H,1H3;1H;1H2;2*1H4;. The minimum atomic E-state index is -4.64. The molecule has 10 aromatic heterocycles. The molecule has 38 nitrogen and oxygen atoms in total. The number of ether oxygens (including phenoxy) is 4. The van der Waals surface area contributed by atoms with Crippen molar-refractivity contribution in [3.05, 3.63) is 287 Å². The Morgan fingerprint density at radius 1 is 0.451 bits per heavy atom. The van der Waals surface area contributed by atoms with Crippen molar-refractivity contribution in [3.63, 3.8) is 0 Å². The lowest BCUT2D eigenvalue weighted by atomic mass is 10.2. The van der Waals surface area contributed by atoms with Gasteiger partial charge in [-0.05, 0) is 178 Å². The van der Waals surface area contributed by atoms with Gasteiger partial charge in [-0.25, -0.2) is 49.0 Å². The number of methoxy groups -OCH3 is 3. The van der Waals surface area contributed by atoms with Crippen LogP contribution in [0.1, 0.15) is 78.1 Å². The van der Waals surface area contributed by atoms with Crippen LogP contribution in [0.3, 0.4) is 0 Å². The number of amides is 1. The number of nitrogens with one attached hydrogen (secondary N) is 3. The predicted octanol–water partition coefficient (Wildman–Crippen LogP) is 25.4. The molecule has 5 N–H and O–H groups in total. The van der Waals surface area contributed by atoms with Crippen LogP contribution in [0.2, 0.25) is 5.15 Å². The van der Waals surface area contributed by atoms with Crippen molar-refractivity contribution in [2.75, 3.05) is 61.4 Å². The molecule has 6 aromatic carbocycles.